The molecule has 1 aromatic rings. The topological polar surface area (TPSA) is 61.9 Å². The Morgan fingerprint density at radius 2 is 1.97 bits per heavy atom. The average Bonchev–Trinajstić information content (AvgIpc) is 2.78. The largest absolute Gasteiger partial charge is 0.487 e. The second-order valence-corrected chi connectivity index (χ2v) is 8.70. The third kappa shape index (κ3) is 4.79. The van der Waals surface area contributed by atoms with E-state index in [0.29, 0.717) is 19.6 Å². The van der Waals surface area contributed by atoms with Gasteiger partial charge in [-0.25, -0.2) is 4.79 Å². The van der Waals surface area contributed by atoms with Gasteiger partial charge in [0, 0.05) is 25.6 Å². The van der Waals surface area contributed by atoms with Gasteiger partial charge in [0.2, 0.25) is 5.91 Å². The molecule has 3 amide bonds. The standard InChI is InChI=1S/C24H33N3O3/c1-18-17-27(21-9-5-6-10-22(21)30-18)24(29)26-15-12-20(13-16-26)23(28)25-14-11-19-7-3-2-4-8-19/h5-7,9-10,18,20H,2-4,8,11-17H2,1H3,(H,25,28)/t18-/m1/s1. The molecule has 1 aliphatic carbocycles. The zero-order valence-electron chi connectivity index (χ0n) is 17.9. The molecule has 2 heterocycles. The smallest absolute Gasteiger partial charge is 0.324 e. The number of anilines is 1. The van der Waals surface area contributed by atoms with E-state index in [9.17, 15) is 9.59 Å². The third-order valence-corrected chi connectivity index (χ3v) is 6.42. The number of ether oxygens (including phenoxy) is 1. The molecule has 4 rings (SSSR count). The lowest BCUT2D eigenvalue weighted by atomic mass is 9.95. The first-order chi connectivity index (χ1) is 14.6. The van der Waals surface area contributed by atoms with Crippen LogP contribution in [0.15, 0.2) is 35.9 Å². The van der Waals surface area contributed by atoms with Crippen molar-refractivity contribution in [2.75, 3.05) is 31.1 Å². The van der Waals surface area contributed by atoms with Crippen molar-refractivity contribution < 1.29 is 14.3 Å². The normalized spacial score (nSPS) is 22.0. The molecule has 1 N–H and O–H groups in total. The van der Waals surface area contributed by atoms with Crippen LogP contribution in [0.1, 0.15) is 51.9 Å². The number of carbonyl (C=O) groups is 2. The van der Waals surface area contributed by atoms with E-state index in [-0.39, 0.29) is 24.0 Å². The summed E-state index contributed by atoms with van der Waals surface area (Å²) in [6.07, 6.45) is 9.65. The highest BCUT2D eigenvalue weighted by molar-refractivity contribution is 5.94. The number of allylic oxidation sites excluding steroid dienone is 1. The van der Waals surface area contributed by atoms with Crippen molar-refractivity contribution in [2.45, 2.75) is 58.0 Å². The summed E-state index contributed by atoms with van der Waals surface area (Å²) >= 11 is 0. The number of piperidine rings is 1. The van der Waals surface area contributed by atoms with Gasteiger partial charge in [-0.05, 0) is 64.0 Å². The second kappa shape index (κ2) is 9.54. The number of benzene rings is 1. The van der Waals surface area contributed by atoms with Crippen molar-refractivity contribution in [3.8, 4) is 5.75 Å². The van der Waals surface area contributed by atoms with Gasteiger partial charge in [-0.15, -0.1) is 0 Å². The molecule has 1 atom stereocenters. The van der Waals surface area contributed by atoms with E-state index >= 15 is 0 Å². The zero-order chi connectivity index (χ0) is 20.9. The molecule has 30 heavy (non-hydrogen) atoms. The fourth-order valence-electron chi connectivity index (χ4n) is 4.70. The lowest BCUT2D eigenvalue weighted by Crippen LogP contribution is -2.52. The molecule has 1 saturated heterocycles. The van der Waals surface area contributed by atoms with E-state index in [1.54, 1.807) is 0 Å². The molecule has 6 heteroatoms. The summed E-state index contributed by atoms with van der Waals surface area (Å²) in [4.78, 5) is 29.4. The first-order valence-corrected chi connectivity index (χ1v) is 11.4. The van der Waals surface area contributed by atoms with Gasteiger partial charge in [-0.2, -0.15) is 0 Å². The van der Waals surface area contributed by atoms with Crippen molar-refractivity contribution in [3.63, 3.8) is 0 Å². The fraction of sp³-hybridized carbons (Fsp3) is 0.583. The molecule has 0 spiro atoms. The number of likely N-dealkylation sites (tertiary alicyclic amines) is 1. The second-order valence-electron chi connectivity index (χ2n) is 8.70. The van der Waals surface area contributed by atoms with Crippen LogP contribution in [0.3, 0.4) is 0 Å². The van der Waals surface area contributed by atoms with Crippen molar-refractivity contribution in [3.05, 3.63) is 35.9 Å². The number of hydrogen-bond donors (Lipinski definition) is 1. The van der Waals surface area contributed by atoms with E-state index in [2.05, 4.69) is 11.4 Å². The van der Waals surface area contributed by atoms with Crippen LogP contribution in [0, 0.1) is 5.92 Å². The maximum absolute atomic E-state index is 13.2. The number of nitrogens with one attached hydrogen (secondary N) is 1. The minimum atomic E-state index is -0.0357. The molecule has 3 aliphatic rings. The van der Waals surface area contributed by atoms with Crippen molar-refractivity contribution in [1.29, 1.82) is 0 Å². The third-order valence-electron chi connectivity index (χ3n) is 6.42. The van der Waals surface area contributed by atoms with Crippen LogP contribution in [0.2, 0.25) is 0 Å². The minimum absolute atomic E-state index is 0.00489. The van der Waals surface area contributed by atoms with Crippen molar-refractivity contribution >= 4 is 17.6 Å². The van der Waals surface area contributed by atoms with Crippen molar-refractivity contribution in [1.82, 2.24) is 10.2 Å². The van der Waals surface area contributed by atoms with E-state index in [1.807, 2.05) is 41.0 Å². The first-order valence-electron chi connectivity index (χ1n) is 11.4. The Kier molecular flexibility index (Phi) is 6.60. The highest BCUT2D eigenvalue weighted by Crippen LogP contribution is 2.34. The van der Waals surface area contributed by atoms with Crippen LogP contribution >= 0.6 is 0 Å². The SMILES string of the molecule is C[C@@H]1CN(C(=O)N2CCC(C(=O)NCCC3=CCCCC3)CC2)c2ccccc2O1. The molecule has 1 aromatic carbocycles. The lowest BCUT2D eigenvalue weighted by molar-refractivity contribution is -0.126. The molecule has 0 saturated carbocycles. The Bertz CT molecular complexity index is 799. The summed E-state index contributed by atoms with van der Waals surface area (Å²) in [7, 11) is 0. The van der Waals surface area contributed by atoms with E-state index < -0.39 is 0 Å². The van der Waals surface area contributed by atoms with Crippen LogP contribution in [0.4, 0.5) is 10.5 Å². The van der Waals surface area contributed by atoms with Gasteiger partial charge < -0.3 is 15.0 Å². The average molecular weight is 412 g/mol. The Hall–Kier alpha value is -2.50. The number of hydrogen-bond acceptors (Lipinski definition) is 3. The highest BCUT2D eigenvalue weighted by atomic mass is 16.5. The predicted molar refractivity (Wildman–Crippen MR) is 118 cm³/mol. The number of amides is 3. The Morgan fingerprint density at radius 1 is 1.17 bits per heavy atom. The quantitative estimate of drug-likeness (QED) is 0.759. The fourth-order valence-corrected chi connectivity index (χ4v) is 4.70. The van der Waals surface area contributed by atoms with Crippen LogP contribution in [0.5, 0.6) is 5.75 Å². The summed E-state index contributed by atoms with van der Waals surface area (Å²) in [6, 6.07) is 7.71. The molecule has 0 bridgehead atoms. The monoisotopic (exact) mass is 411 g/mol. The zero-order valence-corrected chi connectivity index (χ0v) is 17.9. The lowest BCUT2D eigenvalue weighted by Gasteiger charge is -2.39. The van der Waals surface area contributed by atoms with Crippen LogP contribution in [-0.4, -0.2) is 49.1 Å². The maximum atomic E-state index is 13.2. The van der Waals surface area contributed by atoms with Gasteiger partial charge in [-0.3, -0.25) is 9.69 Å². The minimum Gasteiger partial charge on any atom is -0.487 e. The summed E-state index contributed by atoms with van der Waals surface area (Å²) < 4.78 is 5.86. The van der Waals surface area contributed by atoms with Gasteiger partial charge in [0.1, 0.15) is 11.9 Å². The van der Waals surface area contributed by atoms with Crippen molar-refractivity contribution in [2.24, 2.45) is 5.92 Å². The van der Waals surface area contributed by atoms with Gasteiger partial charge >= 0.3 is 6.03 Å². The van der Waals surface area contributed by atoms with Gasteiger partial charge in [-0.1, -0.05) is 23.8 Å². The number of urea groups is 1. The molecular weight excluding hydrogens is 378 g/mol. The molecule has 2 aliphatic heterocycles. The first kappa shape index (κ1) is 20.8. The number of rotatable bonds is 4. The van der Waals surface area contributed by atoms with Crippen LogP contribution in [0.25, 0.3) is 0 Å². The number of nitrogens with zero attached hydrogens (tertiary/aromatic N) is 2. The Labute approximate surface area is 179 Å². The summed E-state index contributed by atoms with van der Waals surface area (Å²) in [5, 5.41) is 3.12. The highest BCUT2D eigenvalue weighted by Gasteiger charge is 2.33. The molecular formula is C24H33N3O3. The number of para-hydroxylation sites is 2. The molecule has 6 nitrogen and oxygen atoms in total. The summed E-state index contributed by atoms with van der Waals surface area (Å²) in [5.74, 6) is 0.904. The molecule has 0 unspecified atom stereocenters. The summed E-state index contributed by atoms with van der Waals surface area (Å²) in [6.45, 7) is 4.50. The van der Waals surface area contributed by atoms with Gasteiger partial charge in [0.25, 0.3) is 0 Å². The van der Waals surface area contributed by atoms with E-state index in [4.69, 9.17) is 4.74 Å². The van der Waals surface area contributed by atoms with Gasteiger partial charge in [0.15, 0.2) is 0 Å². The number of carbonyl (C=O) groups excluding carboxylic acids is 2. The molecule has 162 valence electrons. The summed E-state index contributed by atoms with van der Waals surface area (Å²) in [5.41, 5.74) is 2.32. The van der Waals surface area contributed by atoms with E-state index in [1.165, 1.54) is 31.3 Å². The Morgan fingerprint density at radius 3 is 2.73 bits per heavy atom. The molecule has 1 fully saturated rings. The number of fused-ring (bicyclic) bond motifs is 1. The van der Waals surface area contributed by atoms with Crippen LogP contribution in [-0.2, 0) is 4.79 Å². The Balaban J connectivity index is 1.26. The predicted octanol–water partition coefficient (Wildman–Crippen LogP) is 4.11. The maximum Gasteiger partial charge on any atom is 0.324 e. The van der Waals surface area contributed by atoms with E-state index in [0.717, 1.165) is 37.2 Å². The molecule has 0 radical (unpaired) electrons. The molecule has 0 aromatic heterocycles. The van der Waals surface area contributed by atoms with Gasteiger partial charge in [0.05, 0.1) is 12.2 Å². The van der Waals surface area contributed by atoms with Crippen LogP contribution < -0.4 is 15.0 Å².